The summed E-state index contributed by atoms with van der Waals surface area (Å²) in [6.07, 6.45) is 1.35. The second-order valence-electron chi connectivity index (χ2n) is 5.71. The molecule has 12 heteroatoms. The molecule has 0 atom stereocenters. The van der Waals surface area contributed by atoms with Crippen LogP contribution in [0.15, 0.2) is 53.9 Å². The second-order valence-corrected chi connectivity index (χ2v) is 7.77. The van der Waals surface area contributed by atoms with Crippen LogP contribution in [0.5, 0.6) is 0 Å². The van der Waals surface area contributed by atoms with Gasteiger partial charge in [-0.3, -0.25) is 19.7 Å². The van der Waals surface area contributed by atoms with E-state index in [9.17, 15) is 28.1 Å². The fourth-order valence-electron chi connectivity index (χ4n) is 2.06. The third-order valence-corrected chi connectivity index (χ3v) is 4.81. The number of hydrogen-bond acceptors (Lipinski definition) is 7. The SMILES string of the molecule is O=C(COC(=O)CNS(=O)(=O)/C=C/c1ccccc1)Nc1ccc(Cl)c([N+](=O)[O-])c1. The van der Waals surface area contributed by atoms with Gasteiger partial charge in [0.2, 0.25) is 10.0 Å². The Kier molecular flexibility index (Phi) is 8.04. The van der Waals surface area contributed by atoms with Gasteiger partial charge in [-0.1, -0.05) is 41.9 Å². The van der Waals surface area contributed by atoms with Crippen LogP contribution in [-0.4, -0.2) is 38.4 Å². The molecule has 0 aliphatic carbocycles. The number of rotatable bonds is 9. The molecule has 0 spiro atoms. The molecule has 0 heterocycles. The van der Waals surface area contributed by atoms with Gasteiger partial charge in [-0.2, -0.15) is 0 Å². The molecule has 0 radical (unpaired) electrons. The quantitative estimate of drug-likeness (QED) is 0.336. The van der Waals surface area contributed by atoms with Gasteiger partial charge in [-0.05, 0) is 23.8 Å². The summed E-state index contributed by atoms with van der Waals surface area (Å²) < 4.78 is 30.4. The zero-order valence-corrected chi connectivity index (χ0v) is 16.9. The summed E-state index contributed by atoms with van der Waals surface area (Å²) in [5, 5.41) is 13.9. The Balaban J connectivity index is 1.80. The standard InChI is InChI=1S/C18H16ClN3O7S/c19-15-7-6-14(10-16(15)22(25)26)21-17(23)12-29-18(24)11-20-30(27,28)9-8-13-4-2-1-3-5-13/h1-10,20H,11-12H2,(H,21,23)/b9-8+. The molecule has 2 aromatic rings. The van der Waals surface area contributed by atoms with E-state index >= 15 is 0 Å². The predicted molar refractivity (Wildman–Crippen MR) is 110 cm³/mol. The highest BCUT2D eigenvalue weighted by Crippen LogP contribution is 2.27. The Bertz CT molecular complexity index is 1070. The van der Waals surface area contributed by atoms with Crippen molar-refractivity contribution in [2.24, 2.45) is 0 Å². The number of halogens is 1. The minimum atomic E-state index is -3.89. The number of ether oxygens (including phenoxy) is 1. The molecular weight excluding hydrogens is 438 g/mol. The van der Waals surface area contributed by atoms with Crippen LogP contribution in [0.3, 0.4) is 0 Å². The number of carbonyl (C=O) groups is 2. The maximum atomic E-state index is 11.9. The summed E-state index contributed by atoms with van der Waals surface area (Å²) in [6.45, 7) is -1.39. The Labute approximate surface area is 176 Å². The van der Waals surface area contributed by atoms with E-state index in [0.717, 1.165) is 11.5 Å². The van der Waals surface area contributed by atoms with Crippen molar-refractivity contribution < 1.29 is 27.7 Å². The van der Waals surface area contributed by atoms with E-state index in [1.54, 1.807) is 30.3 Å². The maximum absolute atomic E-state index is 11.9. The van der Waals surface area contributed by atoms with Crippen molar-refractivity contribution in [3.05, 3.63) is 74.6 Å². The third-order valence-electron chi connectivity index (χ3n) is 3.45. The molecule has 2 aromatic carbocycles. The number of hydrogen-bond donors (Lipinski definition) is 2. The Morgan fingerprint density at radius 2 is 1.87 bits per heavy atom. The Morgan fingerprint density at radius 3 is 2.53 bits per heavy atom. The number of anilines is 1. The molecule has 2 N–H and O–H groups in total. The van der Waals surface area contributed by atoms with Crippen LogP contribution >= 0.6 is 11.6 Å². The van der Waals surface area contributed by atoms with Crippen molar-refractivity contribution in [3.8, 4) is 0 Å². The summed E-state index contributed by atoms with van der Waals surface area (Å²) >= 11 is 5.67. The van der Waals surface area contributed by atoms with Crippen molar-refractivity contribution in [1.82, 2.24) is 4.72 Å². The molecular formula is C18H16ClN3O7S. The fraction of sp³-hybridized carbons (Fsp3) is 0.111. The van der Waals surface area contributed by atoms with Crippen LogP contribution in [-0.2, 0) is 24.3 Å². The van der Waals surface area contributed by atoms with Gasteiger partial charge in [-0.25, -0.2) is 13.1 Å². The van der Waals surface area contributed by atoms with Crippen molar-refractivity contribution in [3.63, 3.8) is 0 Å². The van der Waals surface area contributed by atoms with Gasteiger partial charge in [-0.15, -0.1) is 0 Å². The molecule has 10 nitrogen and oxygen atoms in total. The third kappa shape index (κ3) is 7.62. The van der Waals surface area contributed by atoms with Gasteiger partial charge >= 0.3 is 5.97 Å². The highest BCUT2D eigenvalue weighted by atomic mass is 35.5. The van der Waals surface area contributed by atoms with Crippen LogP contribution < -0.4 is 10.0 Å². The van der Waals surface area contributed by atoms with Gasteiger partial charge in [0.25, 0.3) is 11.6 Å². The monoisotopic (exact) mass is 453 g/mol. The lowest BCUT2D eigenvalue weighted by atomic mass is 10.2. The minimum absolute atomic E-state index is 0.0823. The van der Waals surface area contributed by atoms with E-state index in [1.807, 2.05) is 4.72 Å². The summed E-state index contributed by atoms with van der Waals surface area (Å²) in [5.74, 6) is -1.75. The summed E-state index contributed by atoms with van der Waals surface area (Å²) in [5.41, 5.74) is 0.341. The summed E-state index contributed by atoms with van der Waals surface area (Å²) in [6, 6.07) is 12.3. The molecule has 0 saturated heterocycles. The van der Waals surface area contributed by atoms with E-state index in [4.69, 9.17) is 11.6 Å². The van der Waals surface area contributed by atoms with Gasteiger partial charge in [0.1, 0.15) is 11.6 Å². The van der Waals surface area contributed by atoms with Gasteiger partial charge < -0.3 is 10.1 Å². The smallest absolute Gasteiger partial charge is 0.321 e. The first-order chi connectivity index (χ1) is 14.2. The lowest BCUT2D eigenvalue weighted by Crippen LogP contribution is -2.31. The number of carbonyl (C=O) groups excluding carboxylic acids is 2. The van der Waals surface area contributed by atoms with E-state index < -0.39 is 45.7 Å². The van der Waals surface area contributed by atoms with E-state index in [2.05, 4.69) is 10.1 Å². The van der Waals surface area contributed by atoms with Crippen molar-refractivity contribution in [1.29, 1.82) is 0 Å². The Morgan fingerprint density at radius 1 is 1.17 bits per heavy atom. The zero-order valence-electron chi connectivity index (χ0n) is 15.3. The number of nitrogens with zero attached hydrogens (tertiary/aromatic N) is 1. The molecule has 0 unspecified atom stereocenters. The molecule has 30 heavy (non-hydrogen) atoms. The molecule has 0 bridgehead atoms. The van der Waals surface area contributed by atoms with E-state index in [-0.39, 0.29) is 10.7 Å². The van der Waals surface area contributed by atoms with Gasteiger partial charge in [0.05, 0.1) is 4.92 Å². The average molecular weight is 454 g/mol. The minimum Gasteiger partial charge on any atom is -0.455 e. The van der Waals surface area contributed by atoms with Crippen molar-refractivity contribution in [2.75, 3.05) is 18.5 Å². The largest absolute Gasteiger partial charge is 0.455 e. The average Bonchev–Trinajstić information content (AvgIpc) is 2.71. The highest BCUT2D eigenvalue weighted by molar-refractivity contribution is 7.92. The molecule has 0 aliphatic rings. The first kappa shape index (κ1) is 23.0. The topological polar surface area (TPSA) is 145 Å². The van der Waals surface area contributed by atoms with Crippen LogP contribution in [0.4, 0.5) is 11.4 Å². The number of sulfonamides is 1. The lowest BCUT2D eigenvalue weighted by Gasteiger charge is -2.07. The number of nitrogens with one attached hydrogen (secondary N) is 2. The summed E-state index contributed by atoms with van der Waals surface area (Å²) in [7, 11) is -3.89. The first-order valence-corrected chi connectivity index (χ1v) is 10.2. The van der Waals surface area contributed by atoms with Crippen LogP contribution in [0.25, 0.3) is 6.08 Å². The molecule has 0 saturated carbocycles. The normalized spacial score (nSPS) is 11.2. The molecule has 158 valence electrons. The predicted octanol–water partition coefficient (Wildman–Crippen LogP) is 2.32. The van der Waals surface area contributed by atoms with Gasteiger partial charge in [0, 0.05) is 17.2 Å². The van der Waals surface area contributed by atoms with Crippen LogP contribution in [0.1, 0.15) is 5.56 Å². The lowest BCUT2D eigenvalue weighted by molar-refractivity contribution is -0.384. The number of nitro benzene ring substituents is 1. The highest BCUT2D eigenvalue weighted by Gasteiger charge is 2.15. The second kappa shape index (κ2) is 10.5. The zero-order chi connectivity index (χ0) is 22.1. The first-order valence-electron chi connectivity index (χ1n) is 8.28. The van der Waals surface area contributed by atoms with Gasteiger partial charge in [0.15, 0.2) is 6.61 Å². The number of nitro groups is 1. The van der Waals surface area contributed by atoms with Crippen LogP contribution in [0, 0.1) is 10.1 Å². The maximum Gasteiger partial charge on any atom is 0.321 e. The molecule has 0 aromatic heterocycles. The molecule has 1 amide bonds. The fourth-order valence-corrected chi connectivity index (χ4v) is 3.00. The van der Waals surface area contributed by atoms with Crippen LogP contribution in [0.2, 0.25) is 5.02 Å². The molecule has 2 rings (SSSR count). The number of amides is 1. The number of esters is 1. The van der Waals surface area contributed by atoms with E-state index in [0.29, 0.717) is 5.56 Å². The Hall–Kier alpha value is -3.28. The summed E-state index contributed by atoms with van der Waals surface area (Å²) in [4.78, 5) is 33.6. The molecule has 0 fully saturated rings. The van der Waals surface area contributed by atoms with Crippen molar-refractivity contribution >= 4 is 51.0 Å². The molecule has 0 aliphatic heterocycles. The van der Waals surface area contributed by atoms with Crippen molar-refractivity contribution in [2.45, 2.75) is 0 Å². The van der Waals surface area contributed by atoms with E-state index in [1.165, 1.54) is 18.2 Å². The number of benzene rings is 2.